The molecule has 0 spiro atoms. The van der Waals surface area contributed by atoms with E-state index in [2.05, 4.69) is 16.7 Å². The summed E-state index contributed by atoms with van der Waals surface area (Å²) in [6.45, 7) is 0.709. The standard InChI is InChI=1S/C24H21N3O3S/c1-30-22-12-10-20(11-13-22)25-24-26(15-14-18-6-3-2-4-7-18)23(17-31-24)19-8-5-9-21(16-19)27(28)29/h2-13,16-17H,14-15H2,1H3. The molecular weight excluding hydrogens is 410 g/mol. The Labute approximate surface area is 183 Å². The molecule has 0 aliphatic carbocycles. The van der Waals surface area contributed by atoms with Gasteiger partial charge >= 0.3 is 0 Å². The quantitative estimate of drug-likeness (QED) is 0.282. The number of nitrogens with zero attached hydrogens (tertiary/aromatic N) is 3. The Balaban J connectivity index is 1.76. The summed E-state index contributed by atoms with van der Waals surface area (Å²) in [5.74, 6) is 0.777. The van der Waals surface area contributed by atoms with Gasteiger partial charge in [-0.3, -0.25) is 10.1 Å². The van der Waals surface area contributed by atoms with E-state index in [1.54, 1.807) is 19.2 Å². The van der Waals surface area contributed by atoms with Crippen molar-refractivity contribution in [3.8, 4) is 17.0 Å². The first-order valence-corrected chi connectivity index (χ1v) is 10.7. The summed E-state index contributed by atoms with van der Waals surface area (Å²) >= 11 is 1.52. The zero-order valence-electron chi connectivity index (χ0n) is 17.0. The second-order valence-corrected chi connectivity index (χ2v) is 7.74. The lowest BCUT2D eigenvalue weighted by molar-refractivity contribution is -0.384. The lowest BCUT2D eigenvalue weighted by atomic mass is 10.1. The number of aryl methyl sites for hydroxylation is 1. The molecule has 0 N–H and O–H groups in total. The van der Waals surface area contributed by atoms with Gasteiger partial charge in [0.05, 0.1) is 23.4 Å². The largest absolute Gasteiger partial charge is 0.497 e. The Morgan fingerprint density at radius 1 is 1.03 bits per heavy atom. The van der Waals surface area contributed by atoms with Crippen LogP contribution in [0.2, 0.25) is 0 Å². The molecule has 0 saturated carbocycles. The van der Waals surface area contributed by atoms with Crippen LogP contribution >= 0.6 is 11.3 Å². The highest BCUT2D eigenvalue weighted by molar-refractivity contribution is 7.07. The number of thiazole rings is 1. The van der Waals surface area contributed by atoms with E-state index in [0.29, 0.717) is 6.54 Å². The molecule has 0 amide bonds. The lowest BCUT2D eigenvalue weighted by Gasteiger charge is -2.10. The smallest absolute Gasteiger partial charge is 0.270 e. The maximum Gasteiger partial charge on any atom is 0.270 e. The molecule has 1 heterocycles. The van der Waals surface area contributed by atoms with Crippen LogP contribution < -0.4 is 9.54 Å². The molecule has 0 atom stereocenters. The van der Waals surface area contributed by atoms with Crippen LogP contribution in [0.4, 0.5) is 11.4 Å². The van der Waals surface area contributed by atoms with Crippen LogP contribution in [0.5, 0.6) is 5.75 Å². The molecule has 0 aliphatic heterocycles. The van der Waals surface area contributed by atoms with Crippen LogP contribution in [0.25, 0.3) is 11.3 Å². The number of rotatable bonds is 7. The molecule has 31 heavy (non-hydrogen) atoms. The number of nitro benzene ring substituents is 1. The van der Waals surface area contributed by atoms with Crippen LogP contribution in [0.15, 0.2) is 89.2 Å². The fraction of sp³-hybridized carbons (Fsp3) is 0.125. The summed E-state index contributed by atoms with van der Waals surface area (Å²) < 4.78 is 7.35. The number of non-ortho nitro benzene ring substituents is 1. The van der Waals surface area contributed by atoms with Gasteiger partial charge in [0.2, 0.25) is 0 Å². The number of ether oxygens (including phenoxy) is 1. The van der Waals surface area contributed by atoms with Crippen LogP contribution in [0.3, 0.4) is 0 Å². The lowest BCUT2D eigenvalue weighted by Crippen LogP contribution is -2.17. The molecule has 156 valence electrons. The number of benzene rings is 3. The van der Waals surface area contributed by atoms with Gasteiger partial charge in [-0.15, -0.1) is 11.3 Å². The predicted octanol–water partition coefficient (Wildman–Crippen LogP) is 5.61. The van der Waals surface area contributed by atoms with Crippen molar-refractivity contribution in [3.63, 3.8) is 0 Å². The van der Waals surface area contributed by atoms with E-state index in [-0.39, 0.29) is 10.6 Å². The van der Waals surface area contributed by atoms with Gasteiger partial charge in [-0.1, -0.05) is 42.5 Å². The highest BCUT2D eigenvalue weighted by atomic mass is 32.1. The first-order valence-electron chi connectivity index (χ1n) is 9.80. The fourth-order valence-corrected chi connectivity index (χ4v) is 4.25. The Kier molecular flexibility index (Phi) is 6.24. The summed E-state index contributed by atoms with van der Waals surface area (Å²) in [5, 5.41) is 13.3. The molecule has 1 aromatic heterocycles. The zero-order chi connectivity index (χ0) is 21.6. The van der Waals surface area contributed by atoms with Gasteiger partial charge in [0, 0.05) is 29.6 Å². The second kappa shape index (κ2) is 9.40. The highest BCUT2D eigenvalue weighted by Crippen LogP contribution is 2.25. The maximum absolute atomic E-state index is 11.3. The minimum absolute atomic E-state index is 0.0759. The SMILES string of the molecule is COc1ccc(N=c2scc(-c3cccc([N+](=O)[O-])c3)n2CCc2ccccc2)cc1. The fourth-order valence-electron chi connectivity index (χ4n) is 3.30. The normalized spacial score (nSPS) is 11.5. The van der Waals surface area contributed by atoms with Crippen LogP contribution in [0.1, 0.15) is 5.56 Å². The van der Waals surface area contributed by atoms with Crippen molar-refractivity contribution in [2.45, 2.75) is 13.0 Å². The highest BCUT2D eigenvalue weighted by Gasteiger charge is 2.12. The van der Waals surface area contributed by atoms with E-state index >= 15 is 0 Å². The molecule has 0 unspecified atom stereocenters. The van der Waals surface area contributed by atoms with Crippen molar-refractivity contribution in [2.24, 2.45) is 4.99 Å². The second-order valence-electron chi connectivity index (χ2n) is 6.91. The Morgan fingerprint density at radius 3 is 2.52 bits per heavy atom. The van der Waals surface area contributed by atoms with Crippen molar-refractivity contribution in [1.82, 2.24) is 4.57 Å². The summed E-state index contributed by atoms with van der Waals surface area (Å²) in [7, 11) is 1.63. The van der Waals surface area contributed by atoms with E-state index < -0.39 is 0 Å². The summed E-state index contributed by atoms with van der Waals surface area (Å²) in [5.41, 5.74) is 3.84. The molecule has 3 aromatic carbocycles. The van der Waals surface area contributed by atoms with E-state index in [1.165, 1.54) is 23.0 Å². The molecule has 0 saturated heterocycles. The molecule has 0 radical (unpaired) electrons. The monoisotopic (exact) mass is 431 g/mol. The Hall–Kier alpha value is -3.71. The van der Waals surface area contributed by atoms with Crippen molar-refractivity contribution in [1.29, 1.82) is 0 Å². The maximum atomic E-state index is 11.3. The number of hydrogen-bond acceptors (Lipinski definition) is 5. The number of hydrogen-bond donors (Lipinski definition) is 0. The third-order valence-electron chi connectivity index (χ3n) is 4.91. The average molecular weight is 432 g/mol. The number of aromatic nitrogens is 1. The molecule has 4 aromatic rings. The topological polar surface area (TPSA) is 69.7 Å². The molecule has 0 aliphatic rings. The summed E-state index contributed by atoms with van der Waals surface area (Å²) in [6.07, 6.45) is 0.829. The first-order chi connectivity index (χ1) is 15.1. The van der Waals surface area contributed by atoms with Gasteiger partial charge in [0.25, 0.3) is 5.69 Å². The minimum Gasteiger partial charge on any atom is -0.497 e. The van der Waals surface area contributed by atoms with E-state index in [1.807, 2.05) is 53.9 Å². The minimum atomic E-state index is -0.368. The first kappa shape index (κ1) is 20.6. The molecule has 4 rings (SSSR count). The van der Waals surface area contributed by atoms with E-state index in [4.69, 9.17) is 9.73 Å². The Morgan fingerprint density at radius 2 is 1.81 bits per heavy atom. The number of methoxy groups -OCH3 is 1. The average Bonchev–Trinajstić information content (AvgIpc) is 3.21. The molecule has 6 nitrogen and oxygen atoms in total. The van der Waals surface area contributed by atoms with Crippen LogP contribution in [-0.4, -0.2) is 16.6 Å². The molecule has 0 fully saturated rings. The van der Waals surface area contributed by atoms with Gasteiger partial charge in [-0.25, -0.2) is 4.99 Å². The van der Waals surface area contributed by atoms with Gasteiger partial charge in [-0.2, -0.15) is 0 Å². The van der Waals surface area contributed by atoms with Gasteiger partial charge in [-0.05, 0) is 36.2 Å². The summed E-state index contributed by atoms with van der Waals surface area (Å²) in [4.78, 5) is 16.5. The van der Waals surface area contributed by atoms with Crippen LogP contribution in [-0.2, 0) is 13.0 Å². The van der Waals surface area contributed by atoms with E-state index in [0.717, 1.165) is 33.9 Å². The van der Waals surface area contributed by atoms with E-state index in [9.17, 15) is 10.1 Å². The van der Waals surface area contributed by atoms with Gasteiger partial charge in [0.1, 0.15) is 5.75 Å². The third kappa shape index (κ3) is 4.90. The predicted molar refractivity (Wildman–Crippen MR) is 123 cm³/mol. The van der Waals surface area contributed by atoms with Crippen molar-refractivity contribution in [2.75, 3.05) is 7.11 Å². The zero-order valence-corrected chi connectivity index (χ0v) is 17.8. The number of nitro groups is 1. The van der Waals surface area contributed by atoms with Crippen molar-refractivity contribution >= 4 is 22.7 Å². The van der Waals surface area contributed by atoms with Gasteiger partial charge in [0.15, 0.2) is 4.80 Å². The van der Waals surface area contributed by atoms with Gasteiger partial charge < -0.3 is 9.30 Å². The van der Waals surface area contributed by atoms with Crippen molar-refractivity contribution in [3.05, 3.63) is 105 Å². The van der Waals surface area contributed by atoms with Crippen molar-refractivity contribution < 1.29 is 9.66 Å². The third-order valence-corrected chi connectivity index (χ3v) is 5.78. The van der Waals surface area contributed by atoms with Crippen LogP contribution in [0, 0.1) is 10.1 Å². The molecule has 7 heteroatoms. The molecule has 0 bridgehead atoms. The molecular formula is C24H21N3O3S. The Bertz CT molecular complexity index is 1250. The summed E-state index contributed by atoms with van der Waals surface area (Å²) in [6, 6.07) is 24.5.